The summed E-state index contributed by atoms with van der Waals surface area (Å²) in [6.07, 6.45) is 3.42. The molecule has 0 aliphatic heterocycles. The molecule has 1 aliphatic carbocycles. The lowest BCUT2D eigenvalue weighted by Gasteiger charge is -1.85. The Morgan fingerprint density at radius 2 is 1.83 bits per heavy atom. The lowest BCUT2D eigenvalue weighted by molar-refractivity contribution is -0.118. The van der Waals surface area contributed by atoms with Crippen LogP contribution in [0.4, 0.5) is 0 Å². The van der Waals surface area contributed by atoms with E-state index in [9.17, 15) is 9.59 Å². The van der Waals surface area contributed by atoms with Crippen LogP contribution in [0.5, 0.6) is 0 Å². The molecule has 0 aromatic rings. The highest BCUT2D eigenvalue weighted by Gasteiger charge is 2.47. The van der Waals surface area contributed by atoms with E-state index in [4.69, 9.17) is 0 Å². The molecule has 0 aromatic carbocycles. The zero-order chi connectivity index (χ0) is 9.30. The van der Waals surface area contributed by atoms with Gasteiger partial charge in [0, 0.05) is 5.92 Å². The standard InChI is InChI=1S/C10H14O2/c1-6(11)4-5-9-7(2)10(9)8(3)12/h4-5,7,9-10H,1-3H3/b5-4+/t7-,9+,10-/m0/s1. The minimum Gasteiger partial charge on any atom is -0.300 e. The van der Waals surface area contributed by atoms with Crippen molar-refractivity contribution in [3.8, 4) is 0 Å². The Hall–Kier alpha value is -0.920. The zero-order valence-corrected chi connectivity index (χ0v) is 7.70. The van der Waals surface area contributed by atoms with Crippen LogP contribution in [0.3, 0.4) is 0 Å². The Bertz CT molecular complexity index is 240. The summed E-state index contributed by atoms with van der Waals surface area (Å²) in [5, 5.41) is 0. The first-order chi connectivity index (χ1) is 5.54. The highest BCUT2D eigenvalue weighted by atomic mass is 16.1. The summed E-state index contributed by atoms with van der Waals surface area (Å²) >= 11 is 0. The lowest BCUT2D eigenvalue weighted by atomic mass is 10.2. The van der Waals surface area contributed by atoms with Crippen LogP contribution in [-0.2, 0) is 9.59 Å². The van der Waals surface area contributed by atoms with Gasteiger partial charge in [-0.25, -0.2) is 0 Å². The number of carbonyl (C=O) groups is 2. The van der Waals surface area contributed by atoms with Crippen molar-refractivity contribution in [2.75, 3.05) is 0 Å². The summed E-state index contributed by atoms with van der Waals surface area (Å²) in [7, 11) is 0. The van der Waals surface area contributed by atoms with E-state index in [0.717, 1.165) is 0 Å². The number of allylic oxidation sites excluding steroid dienone is 2. The number of hydrogen-bond acceptors (Lipinski definition) is 2. The Labute approximate surface area is 72.7 Å². The normalized spacial score (nSPS) is 33.8. The van der Waals surface area contributed by atoms with Gasteiger partial charge in [-0.3, -0.25) is 9.59 Å². The zero-order valence-electron chi connectivity index (χ0n) is 7.70. The van der Waals surface area contributed by atoms with E-state index in [1.54, 1.807) is 13.0 Å². The summed E-state index contributed by atoms with van der Waals surface area (Å²) in [5.74, 6) is 1.20. The molecule has 1 aliphatic rings. The van der Waals surface area contributed by atoms with Gasteiger partial charge in [0.25, 0.3) is 0 Å². The summed E-state index contributed by atoms with van der Waals surface area (Å²) in [5.41, 5.74) is 0. The summed E-state index contributed by atoms with van der Waals surface area (Å²) in [6.45, 7) is 5.18. The third-order valence-electron chi connectivity index (χ3n) is 2.47. The molecule has 0 radical (unpaired) electrons. The van der Waals surface area contributed by atoms with Crippen LogP contribution in [-0.4, -0.2) is 11.6 Å². The van der Waals surface area contributed by atoms with Crippen LogP contribution in [0, 0.1) is 17.8 Å². The molecule has 0 bridgehead atoms. The first-order valence-corrected chi connectivity index (χ1v) is 4.23. The van der Waals surface area contributed by atoms with E-state index in [1.165, 1.54) is 6.92 Å². The maximum absolute atomic E-state index is 11.0. The van der Waals surface area contributed by atoms with Gasteiger partial charge in [-0.05, 0) is 31.8 Å². The Balaban J connectivity index is 2.49. The van der Waals surface area contributed by atoms with Crippen LogP contribution >= 0.6 is 0 Å². The Morgan fingerprint density at radius 3 is 2.17 bits per heavy atom. The minimum absolute atomic E-state index is 0.0522. The van der Waals surface area contributed by atoms with Crippen molar-refractivity contribution >= 4 is 11.6 Å². The molecular weight excluding hydrogens is 152 g/mol. The molecule has 12 heavy (non-hydrogen) atoms. The topological polar surface area (TPSA) is 34.1 Å². The van der Waals surface area contributed by atoms with Crippen LogP contribution in [0.1, 0.15) is 20.8 Å². The van der Waals surface area contributed by atoms with E-state index >= 15 is 0 Å². The van der Waals surface area contributed by atoms with E-state index in [-0.39, 0.29) is 17.5 Å². The van der Waals surface area contributed by atoms with Crippen molar-refractivity contribution < 1.29 is 9.59 Å². The fourth-order valence-electron chi connectivity index (χ4n) is 1.68. The van der Waals surface area contributed by atoms with Crippen LogP contribution in [0.25, 0.3) is 0 Å². The van der Waals surface area contributed by atoms with Gasteiger partial charge in [-0.15, -0.1) is 0 Å². The van der Waals surface area contributed by atoms with Gasteiger partial charge in [0.1, 0.15) is 5.78 Å². The smallest absolute Gasteiger partial charge is 0.152 e. The molecule has 0 unspecified atom stereocenters. The molecule has 0 amide bonds. The van der Waals surface area contributed by atoms with E-state index < -0.39 is 0 Å². The molecule has 1 fully saturated rings. The van der Waals surface area contributed by atoms with Crippen LogP contribution < -0.4 is 0 Å². The van der Waals surface area contributed by atoms with Gasteiger partial charge in [-0.1, -0.05) is 13.0 Å². The number of ketones is 2. The minimum atomic E-state index is 0.0522. The highest BCUT2D eigenvalue weighted by molar-refractivity contribution is 5.88. The third-order valence-corrected chi connectivity index (χ3v) is 2.47. The lowest BCUT2D eigenvalue weighted by Crippen LogP contribution is -1.94. The number of carbonyl (C=O) groups excluding carboxylic acids is 2. The SMILES string of the molecule is CC(=O)/C=C/[C@@H]1[C@H](C)[C@H]1C(C)=O. The monoisotopic (exact) mass is 166 g/mol. The summed E-state index contributed by atoms with van der Waals surface area (Å²) < 4.78 is 0. The van der Waals surface area contributed by atoms with Crippen molar-refractivity contribution in [3.05, 3.63) is 12.2 Å². The molecule has 0 N–H and O–H groups in total. The maximum atomic E-state index is 11.0. The molecular formula is C10H14O2. The number of Topliss-reactive ketones (excluding diaryl/α,β-unsaturated/α-hetero) is 1. The first kappa shape index (κ1) is 9.17. The quantitative estimate of drug-likeness (QED) is 0.597. The van der Waals surface area contributed by atoms with Crippen molar-refractivity contribution in [3.63, 3.8) is 0 Å². The molecule has 0 aromatic heterocycles. The van der Waals surface area contributed by atoms with Crippen LogP contribution in [0.2, 0.25) is 0 Å². The Morgan fingerprint density at radius 1 is 1.25 bits per heavy atom. The predicted octanol–water partition coefficient (Wildman–Crippen LogP) is 1.60. The number of rotatable bonds is 3. The second kappa shape index (κ2) is 3.21. The van der Waals surface area contributed by atoms with E-state index in [2.05, 4.69) is 0 Å². The average molecular weight is 166 g/mol. The summed E-state index contributed by atoms with van der Waals surface area (Å²) in [6, 6.07) is 0. The van der Waals surface area contributed by atoms with Gasteiger partial charge < -0.3 is 0 Å². The van der Waals surface area contributed by atoms with E-state index in [1.807, 2.05) is 13.0 Å². The van der Waals surface area contributed by atoms with Crippen molar-refractivity contribution in [1.29, 1.82) is 0 Å². The average Bonchev–Trinajstić information content (AvgIpc) is 2.57. The Kier molecular flexibility index (Phi) is 2.46. The first-order valence-electron chi connectivity index (χ1n) is 4.23. The molecule has 66 valence electrons. The van der Waals surface area contributed by atoms with Gasteiger partial charge in [0.15, 0.2) is 5.78 Å². The van der Waals surface area contributed by atoms with Crippen molar-refractivity contribution in [1.82, 2.24) is 0 Å². The molecule has 1 saturated carbocycles. The van der Waals surface area contributed by atoms with E-state index in [0.29, 0.717) is 11.8 Å². The predicted molar refractivity (Wildman–Crippen MR) is 46.6 cm³/mol. The fourth-order valence-corrected chi connectivity index (χ4v) is 1.68. The highest BCUT2D eigenvalue weighted by Crippen LogP contribution is 2.47. The molecule has 2 heteroatoms. The molecule has 0 heterocycles. The maximum Gasteiger partial charge on any atom is 0.152 e. The second-order valence-electron chi connectivity index (χ2n) is 3.54. The molecule has 1 rings (SSSR count). The van der Waals surface area contributed by atoms with Gasteiger partial charge in [-0.2, -0.15) is 0 Å². The number of hydrogen-bond donors (Lipinski definition) is 0. The van der Waals surface area contributed by atoms with Gasteiger partial charge >= 0.3 is 0 Å². The molecule has 0 spiro atoms. The molecule has 0 saturated heterocycles. The third kappa shape index (κ3) is 1.81. The van der Waals surface area contributed by atoms with Gasteiger partial charge in [0.2, 0.25) is 0 Å². The second-order valence-corrected chi connectivity index (χ2v) is 3.54. The van der Waals surface area contributed by atoms with Gasteiger partial charge in [0.05, 0.1) is 0 Å². The summed E-state index contributed by atoms with van der Waals surface area (Å²) in [4.78, 5) is 21.5. The molecule has 2 nitrogen and oxygen atoms in total. The fraction of sp³-hybridized carbons (Fsp3) is 0.600. The van der Waals surface area contributed by atoms with Crippen LogP contribution in [0.15, 0.2) is 12.2 Å². The van der Waals surface area contributed by atoms with Crippen molar-refractivity contribution in [2.45, 2.75) is 20.8 Å². The van der Waals surface area contributed by atoms with Crippen molar-refractivity contribution in [2.24, 2.45) is 17.8 Å². The largest absolute Gasteiger partial charge is 0.300 e. The molecule has 3 atom stereocenters.